The Balaban J connectivity index is 1.15. The summed E-state index contributed by atoms with van der Waals surface area (Å²) < 4.78 is 19.6. The number of hydrogen-bond donors (Lipinski definition) is 1. The molecule has 1 aliphatic heterocycles. The lowest BCUT2D eigenvalue weighted by molar-refractivity contribution is -0.125. The van der Waals surface area contributed by atoms with Gasteiger partial charge in [-0.15, -0.1) is 0 Å². The summed E-state index contributed by atoms with van der Waals surface area (Å²) in [4.78, 5) is 21.9. The first-order valence-electron chi connectivity index (χ1n) is 16.8. The fraction of sp³-hybridized carbons (Fsp3) is 0.282. The van der Waals surface area contributed by atoms with E-state index in [1.54, 1.807) is 43.6 Å². The van der Waals surface area contributed by atoms with E-state index in [9.17, 15) is 10.1 Å². The summed E-state index contributed by atoms with van der Waals surface area (Å²) >= 11 is 0. The third-order valence-electron chi connectivity index (χ3n) is 9.02. The number of carbonyl (C=O) groups excluding carboxylic acids is 1. The average Bonchev–Trinajstić information content (AvgIpc) is 3.80. The van der Waals surface area contributed by atoms with Crippen molar-refractivity contribution in [3.05, 3.63) is 108 Å². The fourth-order valence-electron chi connectivity index (χ4n) is 6.12. The van der Waals surface area contributed by atoms with Gasteiger partial charge in [-0.2, -0.15) is 10.4 Å². The maximum absolute atomic E-state index is 13.0. The number of likely N-dealkylation sites (N-methyl/N-ethyl adjacent to an activating group) is 1. The van der Waals surface area contributed by atoms with Crippen molar-refractivity contribution in [2.75, 3.05) is 39.1 Å². The molecule has 3 aromatic carbocycles. The minimum atomic E-state index is -0.0221. The molecule has 254 valence electrons. The van der Waals surface area contributed by atoms with Crippen molar-refractivity contribution in [3.63, 3.8) is 0 Å². The van der Waals surface area contributed by atoms with E-state index in [2.05, 4.69) is 23.3 Å². The van der Waals surface area contributed by atoms with Gasteiger partial charge >= 0.3 is 0 Å². The van der Waals surface area contributed by atoms with Crippen LogP contribution in [0, 0.1) is 11.3 Å². The molecular formula is C39H39N7O4. The normalized spacial score (nSPS) is 15.8. The summed E-state index contributed by atoms with van der Waals surface area (Å²) in [6, 6.07) is 27.0. The summed E-state index contributed by atoms with van der Waals surface area (Å²) in [6.07, 6.45) is 8.57. The molecule has 0 bridgehead atoms. The van der Waals surface area contributed by atoms with E-state index >= 15 is 0 Å². The van der Waals surface area contributed by atoms with E-state index in [1.165, 1.54) is 12.8 Å². The molecule has 2 fully saturated rings. The first-order chi connectivity index (χ1) is 24.5. The highest BCUT2D eigenvalue weighted by Gasteiger charge is 2.28. The molecule has 0 radical (unpaired) electrons. The number of amides is 1. The fourth-order valence-corrected chi connectivity index (χ4v) is 6.12. The molecule has 3 heterocycles. The number of likely N-dealkylation sites (tertiary alicyclic amines) is 1. The zero-order valence-electron chi connectivity index (χ0n) is 28.2. The van der Waals surface area contributed by atoms with Crippen LogP contribution in [0.2, 0.25) is 0 Å². The molecule has 2 aromatic heterocycles. The van der Waals surface area contributed by atoms with Crippen molar-refractivity contribution in [2.24, 2.45) is 0 Å². The van der Waals surface area contributed by atoms with Crippen LogP contribution in [0.25, 0.3) is 11.0 Å². The lowest BCUT2D eigenvalue weighted by Crippen LogP contribution is -2.30. The van der Waals surface area contributed by atoms with Gasteiger partial charge in [0.05, 0.1) is 19.2 Å². The molecule has 11 nitrogen and oxygen atoms in total. The van der Waals surface area contributed by atoms with E-state index < -0.39 is 0 Å². The lowest BCUT2D eigenvalue weighted by Gasteiger charge is -2.16. The van der Waals surface area contributed by atoms with Gasteiger partial charge in [0, 0.05) is 56.1 Å². The molecule has 0 spiro atoms. The Bertz CT molecular complexity index is 2030. The van der Waals surface area contributed by atoms with Crippen LogP contribution < -0.4 is 19.5 Å². The first kappa shape index (κ1) is 32.7. The topological polar surface area (TPSA) is 118 Å². The third kappa shape index (κ3) is 7.56. The summed E-state index contributed by atoms with van der Waals surface area (Å²) in [5.41, 5.74) is 1.97. The second kappa shape index (κ2) is 14.7. The molecule has 1 saturated carbocycles. The van der Waals surface area contributed by atoms with Crippen LogP contribution in [-0.2, 0) is 11.3 Å². The number of anilines is 1. The van der Waals surface area contributed by atoms with Crippen molar-refractivity contribution in [1.82, 2.24) is 24.6 Å². The number of methoxy groups -OCH3 is 1. The summed E-state index contributed by atoms with van der Waals surface area (Å²) in [7, 11) is 3.74. The Morgan fingerprint density at radius 3 is 2.56 bits per heavy atom. The molecule has 1 N–H and O–H groups in total. The van der Waals surface area contributed by atoms with E-state index in [0.717, 1.165) is 24.3 Å². The van der Waals surface area contributed by atoms with Crippen LogP contribution in [0.4, 0.5) is 5.82 Å². The molecule has 1 aliphatic carbocycles. The van der Waals surface area contributed by atoms with Crippen molar-refractivity contribution in [1.29, 1.82) is 5.26 Å². The summed E-state index contributed by atoms with van der Waals surface area (Å²) in [5, 5.41) is 19.3. The number of nitriles is 1. The number of ether oxygens (including phenoxy) is 3. The van der Waals surface area contributed by atoms with Gasteiger partial charge < -0.3 is 24.4 Å². The van der Waals surface area contributed by atoms with Gasteiger partial charge in [0.15, 0.2) is 11.5 Å². The minimum Gasteiger partial charge on any atom is -0.497 e. The lowest BCUT2D eigenvalue weighted by atomic mass is 10.2. The van der Waals surface area contributed by atoms with E-state index in [1.807, 2.05) is 70.3 Å². The molecule has 5 aromatic rings. The van der Waals surface area contributed by atoms with Gasteiger partial charge in [0.25, 0.3) is 0 Å². The molecule has 1 atom stereocenters. The van der Waals surface area contributed by atoms with Gasteiger partial charge in [-0.05, 0) is 68.3 Å². The number of para-hydroxylation sites is 1. The van der Waals surface area contributed by atoms with Crippen LogP contribution in [-0.4, -0.2) is 76.3 Å². The molecule has 1 amide bonds. The average molecular weight is 670 g/mol. The Morgan fingerprint density at radius 1 is 1.00 bits per heavy atom. The highest BCUT2D eigenvalue weighted by molar-refractivity contribution is 5.94. The molecule has 7 rings (SSSR count). The molecule has 2 aliphatic rings. The number of hydrogen-bond acceptors (Lipinski definition) is 9. The first-order valence-corrected chi connectivity index (χ1v) is 16.8. The number of rotatable bonds is 13. The highest BCUT2D eigenvalue weighted by Crippen LogP contribution is 2.37. The number of benzene rings is 3. The molecule has 11 heteroatoms. The highest BCUT2D eigenvalue weighted by atomic mass is 16.5. The maximum Gasteiger partial charge on any atom is 0.246 e. The van der Waals surface area contributed by atoms with Gasteiger partial charge in [0.1, 0.15) is 40.2 Å². The molecule has 1 unspecified atom stereocenters. The van der Waals surface area contributed by atoms with Gasteiger partial charge in [-0.1, -0.05) is 36.4 Å². The second-order valence-corrected chi connectivity index (χ2v) is 12.6. The SMILES string of the molecule is COc1ccc(Cn2nc(NC3CCN(C(=O)/C=C/CN(C)C4CC4)C3)c3c(Oc4ccc(Oc5ccccc5)cc4C#N)ccnc32)cc1. The Kier molecular flexibility index (Phi) is 9.62. The Hall–Kier alpha value is -5.86. The number of nitrogens with zero attached hydrogens (tertiary/aromatic N) is 6. The Morgan fingerprint density at radius 2 is 1.80 bits per heavy atom. The van der Waals surface area contributed by atoms with Crippen molar-refractivity contribution in [3.8, 4) is 34.8 Å². The standard InChI is InChI=1S/C39H39N7O4/c1-44(30-12-13-30)21-6-9-36(47)45-22-19-29(26-45)42-38-37-35(18-20-41-39(37)46(43-38)25-27-10-14-31(48-2)15-11-27)50-34-17-16-33(23-28(34)24-40)49-32-7-4-3-5-8-32/h3-11,14-18,20,23,29-30H,12-13,19,21-22,25-26H2,1-2H3,(H,42,43)/b9-6+. The third-order valence-corrected chi connectivity index (χ3v) is 9.02. The van der Waals surface area contributed by atoms with Gasteiger partial charge in [-0.3, -0.25) is 9.69 Å². The number of aromatic nitrogens is 3. The Labute approximate surface area is 291 Å². The van der Waals surface area contributed by atoms with Crippen LogP contribution in [0.15, 0.2) is 97.2 Å². The largest absolute Gasteiger partial charge is 0.497 e. The number of pyridine rings is 1. The van der Waals surface area contributed by atoms with E-state index in [-0.39, 0.29) is 11.9 Å². The van der Waals surface area contributed by atoms with Gasteiger partial charge in [0.2, 0.25) is 5.91 Å². The summed E-state index contributed by atoms with van der Waals surface area (Å²) in [5.74, 6) is 3.47. The van der Waals surface area contributed by atoms with Crippen molar-refractivity contribution < 1.29 is 19.0 Å². The quantitative estimate of drug-likeness (QED) is 0.138. The maximum atomic E-state index is 13.0. The molecular weight excluding hydrogens is 630 g/mol. The number of nitrogens with one attached hydrogen (secondary N) is 1. The van der Waals surface area contributed by atoms with Crippen molar-refractivity contribution in [2.45, 2.75) is 37.9 Å². The van der Waals surface area contributed by atoms with Crippen LogP contribution in [0.5, 0.6) is 28.7 Å². The van der Waals surface area contributed by atoms with Crippen LogP contribution >= 0.6 is 0 Å². The van der Waals surface area contributed by atoms with Crippen molar-refractivity contribution >= 4 is 22.8 Å². The zero-order valence-corrected chi connectivity index (χ0v) is 28.2. The van der Waals surface area contributed by atoms with E-state index in [4.69, 9.17) is 24.3 Å². The number of carbonyl (C=O) groups is 1. The zero-order chi connectivity index (χ0) is 34.5. The molecule has 50 heavy (non-hydrogen) atoms. The molecule has 1 saturated heterocycles. The number of fused-ring (bicyclic) bond motifs is 1. The second-order valence-electron chi connectivity index (χ2n) is 12.6. The smallest absolute Gasteiger partial charge is 0.246 e. The van der Waals surface area contributed by atoms with Crippen LogP contribution in [0.3, 0.4) is 0 Å². The predicted molar refractivity (Wildman–Crippen MR) is 191 cm³/mol. The predicted octanol–water partition coefficient (Wildman–Crippen LogP) is 6.61. The monoisotopic (exact) mass is 669 g/mol. The minimum absolute atomic E-state index is 0.0165. The van der Waals surface area contributed by atoms with E-state index in [0.29, 0.717) is 71.1 Å². The summed E-state index contributed by atoms with van der Waals surface area (Å²) in [6.45, 7) is 2.43. The van der Waals surface area contributed by atoms with Gasteiger partial charge in [-0.25, -0.2) is 9.67 Å². The van der Waals surface area contributed by atoms with Crippen LogP contribution in [0.1, 0.15) is 30.4 Å².